The van der Waals surface area contributed by atoms with Gasteiger partial charge >= 0.3 is 5.97 Å². The van der Waals surface area contributed by atoms with Crippen LogP contribution in [0.1, 0.15) is 23.0 Å². The van der Waals surface area contributed by atoms with Crippen LogP contribution in [0.3, 0.4) is 0 Å². The molecule has 39 heavy (non-hydrogen) atoms. The van der Waals surface area contributed by atoms with Crippen LogP contribution in [0.4, 0.5) is 10.1 Å². The lowest BCUT2D eigenvalue weighted by Crippen LogP contribution is -2.40. The second-order valence-electron chi connectivity index (χ2n) is 8.07. The Kier molecular flexibility index (Phi) is 8.52. The van der Waals surface area contributed by atoms with E-state index < -0.39 is 34.3 Å². The molecule has 1 heterocycles. The first-order valence-electron chi connectivity index (χ1n) is 11.8. The van der Waals surface area contributed by atoms with Crippen LogP contribution in [0.15, 0.2) is 105 Å². The van der Waals surface area contributed by atoms with Crippen molar-refractivity contribution in [2.75, 3.05) is 17.5 Å². The molecule has 0 saturated carbocycles. The number of rotatable bonds is 10. The van der Waals surface area contributed by atoms with Gasteiger partial charge in [-0.3, -0.25) is 9.10 Å². The summed E-state index contributed by atoms with van der Waals surface area (Å²) in [4.78, 5) is 24.4. The molecule has 0 radical (unpaired) electrons. The van der Waals surface area contributed by atoms with E-state index in [0.29, 0.717) is 27.0 Å². The fourth-order valence-electron chi connectivity index (χ4n) is 3.57. The molecule has 11 heteroatoms. The standard InChI is InChI=1S/C28H24FN3O6S/c1-2-37-28(34)21-14-12-20(13-15-21)26-17-16-22(38-26)18-30-31-27(33)19-32(25-11-7-6-10-24(25)29)39(35,36)23-8-4-3-5-9-23/h3-18H,2,19H2,1H3,(H,31,33)/b30-18-. The first-order chi connectivity index (χ1) is 18.8. The Bertz CT molecular complexity index is 1590. The van der Waals surface area contributed by atoms with Gasteiger partial charge in [0.2, 0.25) is 0 Å². The number of carbonyl (C=O) groups excluding carboxylic acids is 2. The highest BCUT2D eigenvalue weighted by Gasteiger charge is 2.29. The molecule has 0 unspecified atom stereocenters. The Morgan fingerprint density at radius 3 is 2.36 bits per heavy atom. The van der Waals surface area contributed by atoms with E-state index >= 15 is 0 Å². The SMILES string of the molecule is CCOC(=O)c1ccc(-c2ccc(/C=N\NC(=O)CN(c3ccccc3F)S(=O)(=O)c3ccccc3)o2)cc1. The highest BCUT2D eigenvalue weighted by atomic mass is 32.2. The molecule has 0 fully saturated rings. The van der Waals surface area contributed by atoms with Crippen LogP contribution in [0.2, 0.25) is 0 Å². The highest BCUT2D eigenvalue weighted by molar-refractivity contribution is 7.92. The second kappa shape index (κ2) is 12.2. The summed E-state index contributed by atoms with van der Waals surface area (Å²) in [7, 11) is -4.25. The monoisotopic (exact) mass is 549 g/mol. The van der Waals surface area contributed by atoms with Crippen molar-refractivity contribution in [3.8, 4) is 11.3 Å². The van der Waals surface area contributed by atoms with Gasteiger partial charge in [0.25, 0.3) is 15.9 Å². The molecule has 1 aromatic heterocycles. The molecule has 4 aromatic rings. The predicted octanol–water partition coefficient (Wildman–Crippen LogP) is 4.61. The smallest absolute Gasteiger partial charge is 0.338 e. The summed E-state index contributed by atoms with van der Waals surface area (Å²) in [5.74, 6) is -1.21. The number of hydrogen-bond donors (Lipinski definition) is 1. The maximum Gasteiger partial charge on any atom is 0.338 e. The van der Waals surface area contributed by atoms with Crippen molar-refractivity contribution in [3.05, 3.63) is 108 Å². The summed E-state index contributed by atoms with van der Waals surface area (Å²) < 4.78 is 52.4. The van der Waals surface area contributed by atoms with Crippen LogP contribution in [0, 0.1) is 5.82 Å². The minimum atomic E-state index is -4.25. The van der Waals surface area contributed by atoms with Crippen LogP contribution in [0.5, 0.6) is 0 Å². The molecule has 0 aliphatic rings. The van der Waals surface area contributed by atoms with Gasteiger partial charge in [-0.05, 0) is 55.5 Å². The normalized spacial score (nSPS) is 11.3. The number of carbonyl (C=O) groups is 2. The number of amides is 1. The molecule has 0 bridgehead atoms. The molecular weight excluding hydrogens is 525 g/mol. The van der Waals surface area contributed by atoms with Crippen molar-refractivity contribution in [3.63, 3.8) is 0 Å². The summed E-state index contributed by atoms with van der Waals surface area (Å²) in [5, 5.41) is 3.84. The van der Waals surface area contributed by atoms with Gasteiger partial charge in [0.05, 0.1) is 29.0 Å². The number of ether oxygens (including phenoxy) is 1. The maximum absolute atomic E-state index is 14.5. The van der Waals surface area contributed by atoms with Crippen molar-refractivity contribution < 1.29 is 31.6 Å². The Hall–Kier alpha value is -4.77. The molecule has 200 valence electrons. The van der Waals surface area contributed by atoms with E-state index in [-0.39, 0.29) is 17.2 Å². The minimum Gasteiger partial charge on any atom is -0.462 e. The zero-order valence-corrected chi connectivity index (χ0v) is 21.6. The molecule has 0 atom stereocenters. The Morgan fingerprint density at radius 2 is 1.67 bits per heavy atom. The van der Waals surface area contributed by atoms with E-state index in [4.69, 9.17) is 9.15 Å². The van der Waals surface area contributed by atoms with Gasteiger partial charge in [0, 0.05) is 5.56 Å². The molecule has 0 aliphatic carbocycles. The molecule has 9 nitrogen and oxygen atoms in total. The molecule has 4 rings (SSSR count). The topological polar surface area (TPSA) is 118 Å². The van der Waals surface area contributed by atoms with E-state index in [2.05, 4.69) is 10.5 Å². The fourth-order valence-corrected chi connectivity index (χ4v) is 5.02. The van der Waals surface area contributed by atoms with Gasteiger partial charge in [-0.15, -0.1) is 0 Å². The van der Waals surface area contributed by atoms with Crippen LogP contribution in [-0.2, 0) is 19.6 Å². The van der Waals surface area contributed by atoms with Crippen LogP contribution < -0.4 is 9.73 Å². The quantitative estimate of drug-likeness (QED) is 0.175. The van der Waals surface area contributed by atoms with E-state index in [1.165, 1.54) is 48.7 Å². The lowest BCUT2D eigenvalue weighted by molar-refractivity contribution is -0.119. The summed E-state index contributed by atoms with van der Waals surface area (Å²) in [6.45, 7) is 1.29. The first-order valence-corrected chi connectivity index (χ1v) is 13.2. The number of hydrogen-bond acceptors (Lipinski definition) is 7. The zero-order valence-electron chi connectivity index (χ0n) is 20.8. The number of para-hydroxylation sites is 1. The summed E-state index contributed by atoms with van der Waals surface area (Å²) in [5.41, 5.74) is 3.09. The molecule has 3 aromatic carbocycles. The van der Waals surface area contributed by atoms with Crippen LogP contribution in [0.25, 0.3) is 11.3 Å². The van der Waals surface area contributed by atoms with Crippen molar-refractivity contribution in [1.29, 1.82) is 0 Å². The van der Waals surface area contributed by atoms with Crippen molar-refractivity contribution in [1.82, 2.24) is 5.43 Å². The Morgan fingerprint density at radius 1 is 0.974 bits per heavy atom. The molecule has 1 N–H and O–H groups in total. The van der Waals surface area contributed by atoms with E-state index in [0.717, 1.165) is 6.07 Å². The largest absolute Gasteiger partial charge is 0.462 e. The van der Waals surface area contributed by atoms with E-state index in [1.807, 2.05) is 0 Å². The number of nitrogens with one attached hydrogen (secondary N) is 1. The Labute approximate surface area is 224 Å². The first kappa shape index (κ1) is 27.3. The van der Waals surface area contributed by atoms with Crippen LogP contribution >= 0.6 is 0 Å². The third-order valence-electron chi connectivity index (χ3n) is 5.43. The second-order valence-corrected chi connectivity index (χ2v) is 9.93. The number of sulfonamides is 1. The number of hydrazone groups is 1. The number of esters is 1. The summed E-state index contributed by atoms with van der Waals surface area (Å²) in [6, 6.07) is 22.7. The number of halogens is 1. The van der Waals surface area contributed by atoms with Gasteiger partial charge < -0.3 is 9.15 Å². The molecule has 1 amide bonds. The molecule has 0 saturated heterocycles. The van der Waals surface area contributed by atoms with E-state index in [1.54, 1.807) is 49.4 Å². The summed E-state index contributed by atoms with van der Waals surface area (Å²) >= 11 is 0. The summed E-state index contributed by atoms with van der Waals surface area (Å²) in [6.07, 6.45) is 1.24. The van der Waals surface area contributed by atoms with Gasteiger partial charge in [-0.2, -0.15) is 5.10 Å². The maximum atomic E-state index is 14.5. The molecule has 0 spiro atoms. The average Bonchev–Trinajstić information content (AvgIpc) is 3.42. The lowest BCUT2D eigenvalue weighted by atomic mass is 10.1. The van der Waals surface area contributed by atoms with E-state index in [9.17, 15) is 22.4 Å². The molecule has 0 aliphatic heterocycles. The zero-order chi connectivity index (χ0) is 27.8. The van der Waals surface area contributed by atoms with Gasteiger partial charge in [0.15, 0.2) is 0 Å². The minimum absolute atomic E-state index is 0.0945. The van der Waals surface area contributed by atoms with Crippen molar-refractivity contribution in [2.24, 2.45) is 5.10 Å². The molecular formula is C28H24FN3O6S. The van der Waals surface area contributed by atoms with Gasteiger partial charge in [-0.1, -0.05) is 42.5 Å². The van der Waals surface area contributed by atoms with Crippen molar-refractivity contribution in [2.45, 2.75) is 11.8 Å². The number of benzene rings is 3. The number of furan rings is 1. The van der Waals surface area contributed by atoms with Gasteiger partial charge in [0.1, 0.15) is 23.9 Å². The highest BCUT2D eigenvalue weighted by Crippen LogP contribution is 2.26. The van der Waals surface area contributed by atoms with Crippen LogP contribution in [-0.4, -0.2) is 39.7 Å². The third-order valence-corrected chi connectivity index (χ3v) is 7.20. The predicted molar refractivity (Wildman–Crippen MR) is 143 cm³/mol. The fraction of sp³-hybridized carbons (Fsp3) is 0.107. The number of nitrogens with zero attached hydrogens (tertiary/aromatic N) is 2. The Balaban J connectivity index is 1.45. The average molecular weight is 550 g/mol. The number of anilines is 1. The van der Waals surface area contributed by atoms with Gasteiger partial charge in [-0.25, -0.2) is 23.0 Å². The van der Waals surface area contributed by atoms with Crippen molar-refractivity contribution >= 4 is 33.8 Å². The third kappa shape index (κ3) is 6.57. The lowest BCUT2D eigenvalue weighted by Gasteiger charge is -2.24.